The molecule has 1 fully saturated rings. The summed E-state index contributed by atoms with van der Waals surface area (Å²) in [5.74, 6) is -0.561. The van der Waals surface area contributed by atoms with Gasteiger partial charge in [0.25, 0.3) is 0 Å². The summed E-state index contributed by atoms with van der Waals surface area (Å²) in [5.41, 5.74) is 6.71. The number of hydrogen-bond acceptors (Lipinski definition) is 5. The van der Waals surface area contributed by atoms with Crippen LogP contribution in [-0.4, -0.2) is 49.1 Å². The Bertz CT molecular complexity index is 531. The summed E-state index contributed by atoms with van der Waals surface area (Å²) in [6, 6.07) is 7.11. The average molecular weight is 342 g/mol. The Morgan fingerprint density at radius 3 is 2.61 bits per heavy atom. The Balaban J connectivity index is 0.00000264. The highest BCUT2D eigenvalue weighted by Crippen LogP contribution is 2.16. The number of nitrogens with two attached hydrogens (primary N) is 1. The van der Waals surface area contributed by atoms with Crippen molar-refractivity contribution >= 4 is 30.0 Å². The lowest BCUT2D eigenvalue weighted by Gasteiger charge is -2.29. The molecule has 0 spiro atoms. The Labute approximate surface area is 142 Å². The number of likely N-dealkylation sites (tertiary alicyclic amines) is 1. The molecule has 1 aliphatic rings. The number of halogens is 1. The largest absolute Gasteiger partial charge is 0.462 e. The van der Waals surface area contributed by atoms with Crippen molar-refractivity contribution in [3.8, 4) is 0 Å². The fraction of sp³-hybridized carbons (Fsp3) is 0.500. The third-order valence-corrected chi connectivity index (χ3v) is 3.70. The van der Waals surface area contributed by atoms with Gasteiger partial charge >= 0.3 is 5.97 Å². The van der Waals surface area contributed by atoms with Crippen molar-refractivity contribution in [3.63, 3.8) is 0 Å². The predicted octanol–water partition coefficient (Wildman–Crippen LogP) is 1.65. The van der Waals surface area contributed by atoms with Gasteiger partial charge in [-0.1, -0.05) is 12.1 Å². The lowest BCUT2D eigenvalue weighted by atomic mass is 10.1. The van der Waals surface area contributed by atoms with Gasteiger partial charge in [-0.05, 0) is 31.9 Å². The minimum Gasteiger partial charge on any atom is -0.462 e. The van der Waals surface area contributed by atoms with Gasteiger partial charge in [0.15, 0.2) is 0 Å². The minimum absolute atomic E-state index is 0. The van der Waals surface area contributed by atoms with Crippen molar-refractivity contribution in [1.29, 1.82) is 0 Å². The van der Waals surface area contributed by atoms with Gasteiger partial charge in [-0.3, -0.25) is 9.69 Å². The molecule has 0 radical (unpaired) electrons. The number of anilines is 1. The number of benzene rings is 1. The molecular formula is C16H24ClN3O3. The first-order chi connectivity index (χ1) is 10.6. The van der Waals surface area contributed by atoms with Crippen LogP contribution in [0.3, 0.4) is 0 Å². The van der Waals surface area contributed by atoms with Gasteiger partial charge in [-0.2, -0.15) is 0 Å². The fourth-order valence-electron chi connectivity index (χ4n) is 2.48. The molecule has 2 rings (SSSR count). The number of hydrogen-bond donors (Lipinski definition) is 2. The molecule has 0 aliphatic carbocycles. The van der Waals surface area contributed by atoms with Crippen LogP contribution in [0.4, 0.5) is 5.69 Å². The smallest absolute Gasteiger partial charge is 0.340 e. The lowest BCUT2D eigenvalue weighted by Crippen LogP contribution is -2.43. The summed E-state index contributed by atoms with van der Waals surface area (Å²) in [6.45, 7) is 4.02. The van der Waals surface area contributed by atoms with Crippen LogP contribution in [0.2, 0.25) is 0 Å². The first-order valence-electron chi connectivity index (χ1n) is 7.64. The van der Waals surface area contributed by atoms with Crippen molar-refractivity contribution in [1.82, 2.24) is 4.90 Å². The maximum Gasteiger partial charge on any atom is 0.340 e. The molecule has 1 aromatic carbocycles. The van der Waals surface area contributed by atoms with E-state index in [1.807, 2.05) is 0 Å². The maximum atomic E-state index is 12.2. The zero-order valence-electron chi connectivity index (χ0n) is 13.3. The lowest BCUT2D eigenvalue weighted by molar-refractivity contribution is -0.117. The fourth-order valence-corrected chi connectivity index (χ4v) is 2.48. The van der Waals surface area contributed by atoms with Crippen molar-refractivity contribution < 1.29 is 14.3 Å². The highest BCUT2D eigenvalue weighted by atomic mass is 35.5. The Hall–Kier alpha value is -1.63. The van der Waals surface area contributed by atoms with E-state index < -0.39 is 5.97 Å². The number of esters is 1. The highest BCUT2D eigenvalue weighted by molar-refractivity contribution is 6.01. The van der Waals surface area contributed by atoms with E-state index in [-0.39, 0.29) is 24.4 Å². The SMILES string of the molecule is CCOC(=O)c1ccccc1NC(=O)CN1CCC(N)CC1.Cl. The van der Waals surface area contributed by atoms with Crippen LogP contribution in [-0.2, 0) is 9.53 Å². The first-order valence-corrected chi connectivity index (χ1v) is 7.64. The highest BCUT2D eigenvalue weighted by Gasteiger charge is 2.19. The Morgan fingerprint density at radius 2 is 1.96 bits per heavy atom. The summed E-state index contributed by atoms with van der Waals surface area (Å²) in [6.07, 6.45) is 1.82. The van der Waals surface area contributed by atoms with Crippen LogP contribution >= 0.6 is 12.4 Å². The summed E-state index contributed by atoms with van der Waals surface area (Å²) < 4.78 is 5.00. The van der Waals surface area contributed by atoms with Crippen LogP contribution in [0.15, 0.2) is 24.3 Å². The van der Waals surface area contributed by atoms with Gasteiger partial charge in [0.1, 0.15) is 0 Å². The second-order valence-corrected chi connectivity index (χ2v) is 5.43. The molecule has 6 nitrogen and oxygen atoms in total. The second-order valence-electron chi connectivity index (χ2n) is 5.43. The molecule has 1 saturated heterocycles. The van der Waals surface area contributed by atoms with Gasteiger partial charge in [-0.15, -0.1) is 12.4 Å². The van der Waals surface area contributed by atoms with Gasteiger partial charge < -0.3 is 15.8 Å². The van der Waals surface area contributed by atoms with Gasteiger partial charge in [0.2, 0.25) is 5.91 Å². The standard InChI is InChI=1S/C16H23N3O3.ClH/c1-2-22-16(21)13-5-3-4-6-14(13)18-15(20)11-19-9-7-12(17)8-10-19;/h3-6,12H,2,7-11,17H2,1H3,(H,18,20);1H. The number of rotatable bonds is 5. The molecular weight excluding hydrogens is 318 g/mol. The molecule has 0 unspecified atom stereocenters. The van der Waals surface area contributed by atoms with E-state index in [0.717, 1.165) is 25.9 Å². The molecule has 7 heteroatoms. The summed E-state index contributed by atoms with van der Waals surface area (Å²) in [5, 5.41) is 2.80. The van der Waals surface area contributed by atoms with E-state index in [0.29, 0.717) is 24.4 Å². The quantitative estimate of drug-likeness (QED) is 0.795. The molecule has 1 aromatic rings. The third kappa shape index (κ3) is 5.82. The first kappa shape index (κ1) is 19.4. The maximum absolute atomic E-state index is 12.2. The Kier molecular flexibility index (Phi) is 8.02. The number of nitrogens with one attached hydrogen (secondary N) is 1. The van der Waals surface area contributed by atoms with Crippen LogP contribution in [0.5, 0.6) is 0 Å². The zero-order chi connectivity index (χ0) is 15.9. The molecule has 0 aromatic heterocycles. The minimum atomic E-state index is -0.428. The van der Waals surface area contributed by atoms with E-state index in [1.54, 1.807) is 31.2 Å². The van der Waals surface area contributed by atoms with Crippen LogP contribution in [0, 0.1) is 0 Å². The molecule has 3 N–H and O–H groups in total. The van der Waals surface area contributed by atoms with Crippen LogP contribution in [0.25, 0.3) is 0 Å². The molecule has 1 aliphatic heterocycles. The summed E-state index contributed by atoms with van der Waals surface area (Å²) in [4.78, 5) is 26.1. The molecule has 23 heavy (non-hydrogen) atoms. The number of ether oxygens (including phenoxy) is 1. The number of carbonyl (C=O) groups is 2. The molecule has 0 bridgehead atoms. The number of nitrogens with zero attached hydrogens (tertiary/aromatic N) is 1. The van der Waals surface area contributed by atoms with E-state index >= 15 is 0 Å². The number of carbonyl (C=O) groups excluding carboxylic acids is 2. The van der Waals surface area contributed by atoms with Crippen LogP contribution < -0.4 is 11.1 Å². The third-order valence-electron chi connectivity index (χ3n) is 3.70. The molecule has 1 amide bonds. The topological polar surface area (TPSA) is 84.7 Å². The molecule has 1 heterocycles. The van der Waals surface area contributed by atoms with Crippen LogP contribution in [0.1, 0.15) is 30.1 Å². The van der Waals surface area contributed by atoms with Crippen molar-refractivity contribution in [2.45, 2.75) is 25.8 Å². The van der Waals surface area contributed by atoms with E-state index in [9.17, 15) is 9.59 Å². The number of amides is 1. The van der Waals surface area contributed by atoms with E-state index in [4.69, 9.17) is 10.5 Å². The molecule has 128 valence electrons. The zero-order valence-corrected chi connectivity index (χ0v) is 14.1. The normalized spacial score (nSPS) is 15.6. The van der Waals surface area contributed by atoms with Gasteiger partial charge in [-0.25, -0.2) is 4.79 Å². The van der Waals surface area contributed by atoms with Crippen molar-refractivity contribution in [2.75, 3.05) is 31.6 Å². The predicted molar refractivity (Wildman–Crippen MR) is 91.9 cm³/mol. The Morgan fingerprint density at radius 1 is 1.30 bits per heavy atom. The summed E-state index contributed by atoms with van der Waals surface area (Å²) >= 11 is 0. The van der Waals surface area contributed by atoms with E-state index in [1.165, 1.54) is 0 Å². The number of para-hydroxylation sites is 1. The average Bonchev–Trinajstić information content (AvgIpc) is 2.50. The van der Waals surface area contributed by atoms with Gasteiger partial charge in [0, 0.05) is 19.1 Å². The van der Waals surface area contributed by atoms with Crippen molar-refractivity contribution in [3.05, 3.63) is 29.8 Å². The van der Waals surface area contributed by atoms with E-state index in [2.05, 4.69) is 10.2 Å². The molecule has 0 saturated carbocycles. The second kappa shape index (κ2) is 9.50. The summed E-state index contributed by atoms with van der Waals surface area (Å²) in [7, 11) is 0. The van der Waals surface area contributed by atoms with Crippen molar-refractivity contribution in [2.24, 2.45) is 5.73 Å². The number of piperidine rings is 1. The van der Waals surface area contributed by atoms with Gasteiger partial charge in [0.05, 0.1) is 24.4 Å². The molecule has 0 atom stereocenters. The monoisotopic (exact) mass is 341 g/mol.